The van der Waals surface area contributed by atoms with Gasteiger partial charge >= 0.3 is 24.3 Å². The first-order valence-electron chi connectivity index (χ1n) is 16.1. The van der Waals surface area contributed by atoms with E-state index in [1.807, 2.05) is 85.4 Å². The molecule has 8 nitrogen and oxygen atoms in total. The number of ether oxygens (including phenoxy) is 2. The van der Waals surface area contributed by atoms with E-state index in [-0.39, 0.29) is 37.0 Å². The Hall–Kier alpha value is -4.76. The van der Waals surface area contributed by atoms with Gasteiger partial charge in [-0.1, -0.05) is 60.7 Å². The molecule has 0 heterocycles. The summed E-state index contributed by atoms with van der Waals surface area (Å²) in [5.74, 6) is -1.63. The number of hydrogen-bond donors (Lipinski definition) is 4. The highest BCUT2D eigenvalue weighted by Gasteiger charge is 2.31. The van der Waals surface area contributed by atoms with Gasteiger partial charge in [-0.25, -0.2) is 9.59 Å². The Kier molecular flexibility index (Phi) is 23.1. The molecule has 0 amide bonds. The lowest BCUT2D eigenvalue weighted by Gasteiger charge is -2.19. The van der Waals surface area contributed by atoms with Gasteiger partial charge in [0.1, 0.15) is 23.7 Å². The molecule has 0 aromatic heterocycles. The van der Waals surface area contributed by atoms with E-state index in [0.29, 0.717) is 23.7 Å². The molecule has 0 radical (unpaired) electrons. The molecule has 0 aliphatic heterocycles. The Balaban J connectivity index is 0.000000843. The lowest BCUT2D eigenvalue weighted by Crippen LogP contribution is -3.00. The number of quaternary nitrogens is 2. The summed E-state index contributed by atoms with van der Waals surface area (Å²) >= 11 is 0. The molecule has 0 bridgehead atoms. The Labute approximate surface area is 322 Å². The number of benzene rings is 4. The molecule has 0 saturated heterocycles. The van der Waals surface area contributed by atoms with Crippen molar-refractivity contribution < 1.29 is 91.1 Å². The number of nitrogens with two attached hydrogens (primary N) is 2. The van der Waals surface area contributed by atoms with E-state index in [9.17, 15) is 35.9 Å². The van der Waals surface area contributed by atoms with Crippen LogP contribution in [0.25, 0.3) is 0 Å². The molecular weight excluding hydrogens is 765 g/mol. The highest BCUT2D eigenvalue weighted by atomic mass is 35.5. The monoisotopic (exact) mass is 806 g/mol. The first-order chi connectivity index (χ1) is 24.6. The van der Waals surface area contributed by atoms with Gasteiger partial charge in [-0.15, -0.1) is 0 Å². The summed E-state index contributed by atoms with van der Waals surface area (Å²) in [6, 6.07) is 29.0. The van der Waals surface area contributed by atoms with Crippen LogP contribution in [0.4, 0.5) is 26.3 Å². The second kappa shape index (κ2) is 25.3. The van der Waals surface area contributed by atoms with Crippen molar-refractivity contribution in [2.75, 3.05) is 27.2 Å². The number of carbonyl (C=O) groups is 2. The molecule has 0 fully saturated rings. The van der Waals surface area contributed by atoms with E-state index in [2.05, 4.69) is 0 Å². The summed E-state index contributed by atoms with van der Waals surface area (Å²) in [6.07, 6.45) is -6.32. The minimum absolute atomic E-state index is 0. The molecule has 54 heavy (non-hydrogen) atoms. The summed E-state index contributed by atoms with van der Waals surface area (Å²) in [4.78, 5) is 19.1. The van der Waals surface area contributed by atoms with E-state index in [0.717, 1.165) is 61.3 Å². The van der Waals surface area contributed by atoms with E-state index in [1.165, 1.54) is 24.3 Å². The van der Waals surface area contributed by atoms with Crippen LogP contribution in [-0.2, 0) is 21.9 Å². The normalized spacial score (nSPS) is 11.9. The van der Waals surface area contributed by atoms with Gasteiger partial charge in [0.2, 0.25) is 0 Å². The summed E-state index contributed by atoms with van der Waals surface area (Å²) < 4.78 is 87.2. The standard InChI is InChI=1S/2C17H18F3NO.C4H4O4.2ClH/c2*1-21-12-11-16(13-5-3-2-4-6-13)22-15-9-7-14(8-10-15)17(18,19)20;5-3(6)1-2-4(7)8;;/h2*2-10,16,21H,11-12H2,1H3;1-2H,(H,5,6)(H,7,8);2*1H/b;;2-1+;;/t2*16-;;;/m10.../s1. The average Bonchev–Trinajstić information content (AvgIpc) is 3.12. The maximum absolute atomic E-state index is 12.6. The SMILES string of the molecule is C[NH2+]CC[C@@H](Oc1ccc(C(F)(F)F)cc1)c1ccccc1.C[NH2+]CC[C@H](Oc1ccc(C(F)(F)F)cc1)c1ccccc1.O=C(O)/C=C/C(=O)O.[Cl-].[Cl-]. The second-order valence-electron chi connectivity index (χ2n) is 11.1. The lowest BCUT2D eigenvalue weighted by atomic mass is 10.1. The first kappa shape index (κ1) is 49.2. The molecule has 16 heteroatoms. The molecule has 0 aliphatic rings. The van der Waals surface area contributed by atoms with Crippen molar-refractivity contribution >= 4 is 11.9 Å². The van der Waals surface area contributed by atoms with Crippen LogP contribution < -0.4 is 44.9 Å². The van der Waals surface area contributed by atoms with Gasteiger partial charge in [0, 0.05) is 25.0 Å². The Morgan fingerprint density at radius 2 is 0.870 bits per heavy atom. The van der Waals surface area contributed by atoms with Crippen LogP contribution in [0.1, 0.15) is 47.3 Å². The molecule has 6 N–H and O–H groups in total. The van der Waals surface area contributed by atoms with Gasteiger partial charge in [-0.3, -0.25) is 0 Å². The van der Waals surface area contributed by atoms with Gasteiger partial charge in [0.15, 0.2) is 0 Å². The Morgan fingerprint density at radius 3 is 1.11 bits per heavy atom. The summed E-state index contributed by atoms with van der Waals surface area (Å²) in [5, 5.41) is 19.7. The zero-order valence-corrected chi connectivity index (χ0v) is 30.7. The molecule has 296 valence electrons. The van der Waals surface area contributed by atoms with Crippen LogP contribution in [0.3, 0.4) is 0 Å². The number of carboxylic acid groups (broad SMARTS) is 2. The number of hydrogen-bond acceptors (Lipinski definition) is 4. The van der Waals surface area contributed by atoms with Crippen molar-refractivity contribution in [1.29, 1.82) is 0 Å². The van der Waals surface area contributed by atoms with Crippen molar-refractivity contribution in [3.8, 4) is 11.5 Å². The van der Waals surface area contributed by atoms with Gasteiger partial charge in [-0.05, 0) is 59.7 Å². The van der Waals surface area contributed by atoms with E-state index < -0.39 is 35.4 Å². The summed E-state index contributed by atoms with van der Waals surface area (Å²) in [5.41, 5.74) is 0.699. The van der Waals surface area contributed by atoms with Crippen molar-refractivity contribution in [3.05, 3.63) is 144 Å². The van der Waals surface area contributed by atoms with Crippen molar-refractivity contribution in [2.45, 2.75) is 37.4 Å². The molecular formula is C38H42Cl2F6N2O6. The Bertz CT molecular complexity index is 1520. The maximum atomic E-state index is 12.6. The molecule has 0 spiro atoms. The Morgan fingerprint density at radius 1 is 0.574 bits per heavy atom. The molecule has 4 aromatic rings. The van der Waals surface area contributed by atoms with Gasteiger partial charge in [0.25, 0.3) is 0 Å². The third kappa shape index (κ3) is 19.4. The maximum Gasteiger partial charge on any atom is 0.416 e. The predicted molar refractivity (Wildman–Crippen MR) is 182 cm³/mol. The minimum atomic E-state index is -4.32. The van der Waals surface area contributed by atoms with Crippen LogP contribution in [0, 0.1) is 0 Å². The fourth-order valence-corrected chi connectivity index (χ4v) is 4.47. The minimum Gasteiger partial charge on any atom is -1.00 e. The molecule has 0 aliphatic carbocycles. The third-order valence-electron chi connectivity index (χ3n) is 7.07. The summed E-state index contributed by atoms with van der Waals surface area (Å²) in [7, 11) is 3.94. The highest BCUT2D eigenvalue weighted by Crippen LogP contribution is 2.33. The van der Waals surface area contributed by atoms with Crippen LogP contribution in [-0.4, -0.2) is 49.3 Å². The lowest BCUT2D eigenvalue weighted by molar-refractivity contribution is -0.628. The largest absolute Gasteiger partial charge is 1.00 e. The van der Waals surface area contributed by atoms with Crippen molar-refractivity contribution in [2.24, 2.45) is 0 Å². The smallest absolute Gasteiger partial charge is 0.416 e. The molecule has 4 aromatic carbocycles. The van der Waals surface area contributed by atoms with E-state index >= 15 is 0 Å². The number of alkyl halides is 6. The fourth-order valence-electron chi connectivity index (χ4n) is 4.47. The second-order valence-corrected chi connectivity index (χ2v) is 11.1. The quantitative estimate of drug-likeness (QED) is 0.109. The zero-order valence-electron chi connectivity index (χ0n) is 29.2. The third-order valence-corrected chi connectivity index (χ3v) is 7.07. The van der Waals surface area contributed by atoms with Crippen LogP contribution in [0.5, 0.6) is 11.5 Å². The molecule has 0 unspecified atom stereocenters. The predicted octanol–water partition coefficient (Wildman–Crippen LogP) is 0.537. The number of aliphatic carboxylic acids is 2. The molecule has 2 atom stereocenters. The first-order valence-corrected chi connectivity index (χ1v) is 16.1. The van der Waals surface area contributed by atoms with Crippen molar-refractivity contribution in [3.63, 3.8) is 0 Å². The number of halogens is 8. The van der Waals surface area contributed by atoms with Crippen LogP contribution in [0.15, 0.2) is 121 Å². The van der Waals surface area contributed by atoms with Gasteiger partial charge < -0.3 is 55.1 Å². The van der Waals surface area contributed by atoms with E-state index in [4.69, 9.17) is 19.7 Å². The van der Waals surface area contributed by atoms with Gasteiger partial charge in [0.05, 0.1) is 38.3 Å². The summed E-state index contributed by atoms with van der Waals surface area (Å²) in [6.45, 7) is 1.75. The molecule has 0 saturated carbocycles. The zero-order chi connectivity index (χ0) is 38.6. The number of rotatable bonds is 14. The van der Waals surface area contributed by atoms with Gasteiger partial charge in [-0.2, -0.15) is 26.3 Å². The average molecular weight is 808 g/mol. The topological polar surface area (TPSA) is 126 Å². The van der Waals surface area contributed by atoms with Crippen LogP contribution in [0.2, 0.25) is 0 Å². The molecule has 4 rings (SSSR count). The van der Waals surface area contributed by atoms with E-state index in [1.54, 1.807) is 0 Å². The number of carboxylic acids is 2. The fraction of sp³-hybridized carbons (Fsp3) is 0.263. The van der Waals surface area contributed by atoms with Crippen LogP contribution >= 0.6 is 0 Å². The van der Waals surface area contributed by atoms with Crippen molar-refractivity contribution in [1.82, 2.24) is 0 Å². The highest BCUT2D eigenvalue weighted by molar-refractivity contribution is 5.89.